The lowest BCUT2D eigenvalue weighted by molar-refractivity contribution is 0.0698. The van der Waals surface area contributed by atoms with Crippen molar-refractivity contribution in [2.45, 2.75) is 0 Å². The lowest BCUT2D eigenvalue weighted by Gasteiger charge is -2.09. The highest BCUT2D eigenvalue weighted by molar-refractivity contribution is 6.36. The SMILES string of the molecule is O=C(Nc1c(Cl)cccc1C(=O)O)c1ccoc1Cl. The second kappa shape index (κ2) is 5.34. The lowest BCUT2D eigenvalue weighted by Crippen LogP contribution is -2.15. The molecule has 0 fully saturated rings. The highest BCUT2D eigenvalue weighted by Gasteiger charge is 2.18. The minimum atomic E-state index is -1.20. The Balaban J connectivity index is 2.36. The molecule has 2 aromatic rings. The molecule has 1 aromatic heterocycles. The molecule has 0 aliphatic heterocycles. The summed E-state index contributed by atoms with van der Waals surface area (Å²) < 4.78 is 4.79. The van der Waals surface area contributed by atoms with Crippen LogP contribution in [0.4, 0.5) is 5.69 Å². The first-order chi connectivity index (χ1) is 9.00. The molecule has 98 valence electrons. The fourth-order valence-electron chi connectivity index (χ4n) is 1.47. The van der Waals surface area contributed by atoms with Crippen LogP contribution >= 0.6 is 23.2 Å². The van der Waals surface area contributed by atoms with Gasteiger partial charge in [0.05, 0.1) is 28.1 Å². The predicted octanol–water partition coefficient (Wildman–Crippen LogP) is 3.54. The monoisotopic (exact) mass is 299 g/mol. The Morgan fingerprint density at radius 2 is 1.89 bits per heavy atom. The first-order valence-corrected chi connectivity index (χ1v) is 5.82. The molecule has 1 aromatic carbocycles. The van der Waals surface area contributed by atoms with E-state index in [0.29, 0.717) is 0 Å². The Bertz CT molecular complexity index is 651. The van der Waals surface area contributed by atoms with Crippen LogP contribution in [0, 0.1) is 0 Å². The normalized spacial score (nSPS) is 10.2. The number of nitrogens with one attached hydrogen (secondary N) is 1. The van der Waals surface area contributed by atoms with Gasteiger partial charge >= 0.3 is 5.97 Å². The van der Waals surface area contributed by atoms with E-state index in [9.17, 15) is 9.59 Å². The number of rotatable bonds is 3. The van der Waals surface area contributed by atoms with Crippen molar-refractivity contribution < 1.29 is 19.1 Å². The zero-order valence-corrected chi connectivity index (χ0v) is 10.8. The number of hydrogen-bond donors (Lipinski definition) is 2. The molecular formula is C12H7Cl2NO4. The van der Waals surface area contributed by atoms with E-state index in [2.05, 4.69) is 5.32 Å². The van der Waals surface area contributed by atoms with Crippen molar-refractivity contribution in [3.63, 3.8) is 0 Å². The second-order valence-corrected chi connectivity index (χ2v) is 4.28. The number of carbonyl (C=O) groups excluding carboxylic acids is 1. The van der Waals surface area contributed by atoms with Gasteiger partial charge in [-0.2, -0.15) is 0 Å². The van der Waals surface area contributed by atoms with Gasteiger partial charge in [-0.25, -0.2) is 4.79 Å². The van der Waals surface area contributed by atoms with Crippen molar-refractivity contribution in [1.82, 2.24) is 0 Å². The molecule has 0 unspecified atom stereocenters. The number of carboxylic acid groups (broad SMARTS) is 1. The summed E-state index contributed by atoms with van der Waals surface area (Å²) in [5, 5.41) is 11.5. The highest BCUT2D eigenvalue weighted by atomic mass is 35.5. The maximum absolute atomic E-state index is 11.9. The van der Waals surface area contributed by atoms with Crippen LogP contribution in [0.5, 0.6) is 0 Å². The van der Waals surface area contributed by atoms with Gasteiger partial charge < -0.3 is 14.8 Å². The molecule has 0 spiro atoms. The van der Waals surface area contributed by atoms with Gasteiger partial charge in [0.1, 0.15) is 0 Å². The van der Waals surface area contributed by atoms with E-state index >= 15 is 0 Å². The van der Waals surface area contributed by atoms with Crippen LogP contribution < -0.4 is 5.32 Å². The Labute approximate surface area is 117 Å². The van der Waals surface area contributed by atoms with Gasteiger partial charge in [0, 0.05) is 0 Å². The van der Waals surface area contributed by atoms with Crippen LogP contribution in [0.2, 0.25) is 10.2 Å². The molecular weight excluding hydrogens is 293 g/mol. The number of para-hydroxylation sites is 1. The van der Waals surface area contributed by atoms with Crippen LogP contribution in [-0.2, 0) is 0 Å². The van der Waals surface area contributed by atoms with Crippen LogP contribution in [-0.4, -0.2) is 17.0 Å². The minimum absolute atomic E-state index is 0.0129. The number of halogens is 2. The Morgan fingerprint density at radius 1 is 1.16 bits per heavy atom. The highest BCUT2D eigenvalue weighted by Crippen LogP contribution is 2.27. The largest absolute Gasteiger partial charge is 0.478 e. The maximum atomic E-state index is 11.9. The fraction of sp³-hybridized carbons (Fsp3) is 0. The number of carbonyl (C=O) groups is 2. The number of amides is 1. The van der Waals surface area contributed by atoms with Gasteiger partial charge in [0.15, 0.2) is 0 Å². The number of benzene rings is 1. The number of hydrogen-bond acceptors (Lipinski definition) is 3. The van der Waals surface area contributed by atoms with Gasteiger partial charge in [-0.15, -0.1) is 0 Å². The molecule has 2 N–H and O–H groups in total. The smallest absolute Gasteiger partial charge is 0.337 e. The maximum Gasteiger partial charge on any atom is 0.337 e. The van der Waals surface area contributed by atoms with Crippen molar-refractivity contribution >= 4 is 40.8 Å². The summed E-state index contributed by atoms with van der Waals surface area (Å²) in [7, 11) is 0. The minimum Gasteiger partial charge on any atom is -0.478 e. The van der Waals surface area contributed by atoms with Crippen LogP contribution in [0.1, 0.15) is 20.7 Å². The second-order valence-electron chi connectivity index (χ2n) is 3.53. The molecule has 7 heteroatoms. The first-order valence-electron chi connectivity index (χ1n) is 5.07. The zero-order chi connectivity index (χ0) is 14.0. The van der Waals surface area contributed by atoms with E-state index in [1.54, 1.807) is 0 Å². The topological polar surface area (TPSA) is 79.5 Å². The third kappa shape index (κ3) is 2.72. The number of anilines is 1. The summed E-state index contributed by atoms with van der Waals surface area (Å²) in [6.45, 7) is 0. The van der Waals surface area contributed by atoms with Gasteiger partial charge in [0.25, 0.3) is 5.91 Å². The fourth-order valence-corrected chi connectivity index (χ4v) is 1.89. The molecule has 0 radical (unpaired) electrons. The number of carboxylic acids is 1. The molecule has 0 aliphatic carbocycles. The van der Waals surface area contributed by atoms with E-state index < -0.39 is 11.9 Å². The van der Waals surface area contributed by atoms with Crippen LogP contribution in [0.25, 0.3) is 0 Å². The van der Waals surface area contributed by atoms with E-state index in [0.717, 1.165) is 0 Å². The third-order valence-electron chi connectivity index (χ3n) is 2.35. The molecule has 0 bridgehead atoms. The van der Waals surface area contributed by atoms with Crippen LogP contribution in [0.3, 0.4) is 0 Å². The first kappa shape index (κ1) is 13.5. The average Bonchev–Trinajstić information content (AvgIpc) is 2.77. The Morgan fingerprint density at radius 3 is 2.47 bits per heavy atom. The Hall–Kier alpha value is -1.98. The number of aromatic carboxylic acids is 1. The molecule has 1 amide bonds. The van der Waals surface area contributed by atoms with Crippen molar-refractivity contribution in [2.24, 2.45) is 0 Å². The lowest BCUT2D eigenvalue weighted by atomic mass is 10.1. The molecule has 5 nitrogen and oxygen atoms in total. The Kier molecular flexibility index (Phi) is 3.78. The van der Waals surface area contributed by atoms with E-state index in [1.165, 1.54) is 30.5 Å². The van der Waals surface area contributed by atoms with Gasteiger partial charge in [0.2, 0.25) is 5.22 Å². The molecule has 2 rings (SSSR count). The molecule has 1 heterocycles. The molecule has 19 heavy (non-hydrogen) atoms. The molecule has 0 atom stereocenters. The van der Waals surface area contributed by atoms with E-state index in [1.807, 2.05) is 0 Å². The summed E-state index contributed by atoms with van der Waals surface area (Å²) in [5.74, 6) is -1.80. The average molecular weight is 300 g/mol. The summed E-state index contributed by atoms with van der Waals surface area (Å²) in [4.78, 5) is 23.0. The predicted molar refractivity (Wildman–Crippen MR) is 70.1 cm³/mol. The van der Waals surface area contributed by atoms with Crippen molar-refractivity contribution in [3.05, 3.63) is 51.9 Å². The standard InChI is InChI=1S/C12H7Cl2NO4/c13-8-3-1-2-6(12(17)18)9(8)15-11(16)7-4-5-19-10(7)14/h1-5H,(H,15,16)(H,17,18). The van der Waals surface area contributed by atoms with Crippen molar-refractivity contribution in [2.75, 3.05) is 5.32 Å². The van der Waals surface area contributed by atoms with E-state index in [4.69, 9.17) is 32.7 Å². The summed E-state index contributed by atoms with van der Waals surface area (Å²) in [6, 6.07) is 5.66. The van der Waals surface area contributed by atoms with Crippen LogP contribution in [0.15, 0.2) is 34.9 Å². The number of furan rings is 1. The van der Waals surface area contributed by atoms with Crippen molar-refractivity contribution in [1.29, 1.82) is 0 Å². The summed E-state index contributed by atoms with van der Waals surface area (Å²) in [5.41, 5.74) is -0.00248. The summed E-state index contributed by atoms with van der Waals surface area (Å²) in [6.07, 6.45) is 1.25. The van der Waals surface area contributed by atoms with Gasteiger partial charge in [-0.3, -0.25) is 4.79 Å². The van der Waals surface area contributed by atoms with Gasteiger partial charge in [-0.05, 0) is 29.8 Å². The molecule has 0 saturated heterocycles. The zero-order valence-electron chi connectivity index (χ0n) is 9.31. The van der Waals surface area contributed by atoms with E-state index in [-0.39, 0.29) is 27.1 Å². The van der Waals surface area contributed by atoms with Crippen molar-refractivity contribution in [3.8, 4) is 0 Å². The van der Waals surface area contributed by atoms with Gasteiger partial charge in [-0.1, -0.05) is 17.7 Å². The summed E-state index contributed by atoms with van der Waals surface area (Å²) >= 11 is 11.6. The molecule has 0 aliphatic rings. The third-order valence-corrected chi connectivity index (χ3v) is 2.95. The quantitative estimate of drug-likeness (QED) is 0.908. The molecule has 0 saturated carbocycles.